The summed E-state index contributed by atoms with van der Waals surface area (Å²) in [6.45, 7) is 2.77. The van der Waals surface area contributed by atoms with Gasteiger partial charge < -0.3 is 4.74 Å². The highest BCUT2D eigenvalue weighted by Crippen LogP contribution is 2.52. The molecule has 1 heterocycles. The van der Waals surface area contributed by atoms with Crippen LogP contribution in [0.2, 0.25) is 0 Å². The standard InChI is InChI=1S/C12H12O2/c1-11-3-4-12(10(7-11)8-13)9(6-11)2-5-14-12/h2-4,7-8H,5-6H2,1H3. The summed E-state index contributed by atoms with van der Waals surface area (Å²) in [5.41, 5.74) is 1.57. The summed E-state index contributed by atoms with van der Waals surface area (Å²) in [4.78, 5) is 11.0. The number of hydrogen-bond donors (Lipinski definition) is 0. The van der Waals surface area contributed by atoms with Crippen LogP contribution in [-0.4, -0.2) is 18.5 Å². The Kier molecular flexibility index (Phi) is 1.32. The summed E-state index contributed by atoms with van der Waals surface area (Å²) >= 11 is 0. The SMILES string of the molecule is CC12C=CC3(OCC=C3C1)C(C=O)=C2. The lowest BCUT2D eigenvalue weighted by atomic mass is 9.64. The van der Waals surface area contributed by atoms with Crippen LogP contribution in [0.1, 0.15) is 13.3 Å². The van der Waals surface area contributed by atoms with Crippen molar-refractivity contribution in [2.24, 2.45) is 5.41 Å². The number of hydrogen-bond acceptors (Lipinski definition) is 2. The lowest BCUT2D eigenvalue weighted by Crippen LogP contribution is -2.42. The Hall–Kier alpha value is -1.15. The average molecular weight is 188 g/mol. The van der Waals surface area contributed by atoms with Gasteiger partial charge in [-0.15, -0.1) is 0 Å². The van der Waals surface area contributed by atoms with Gasteiger partial charge in [0, 0.05) is 11.0 Å². The third kappa shape index (κ3) is 0.775. The molecule has 1 aliphatic heterocycles. The molecule has 3 aliphatic carbocycles. The van der Waals surface area contributed by atoms with Crippen LogP contribution in [0.15, 0.2) is 35.5 Å². The number of carbonyl (C=O) groups excluding carboxylic acids is 1. The molecule has 1 spiro atoms. The molecule has 2 atom stereocenters. The lowest BCUT2D eigenvalue weighted by Gasteiger charge is -2.44. The van der Waals surface area contributed by atoms with Crippen molar-refractivity contribution in [2.75, 3.05) is 6.61 Å². The van der Waals surface area contributed by atoms with E-state index in [1.165, 1.54) is 5.57 Å². The van der Waals surface area contributed by atoms with Gasteiger partial charge in [-0.2, -0.15) is 0 Å². The molecule has 2 bridgehead atoms. The number of allylic oxidation sites excluding steroid dienone is 2. The maximum atomic E-state index is 11.0. The quantitative estimate of drug-likeness (QED) is 0.463. The van der Waals surface area contributed by atoms with Gasteiger partial charge in [-0.3, -0.25) is 4.79 Å². The molecule has 0 saturated heterocycles. The molecule has 2 nitrogen and oxygen atoms in total. The Bertz CT molecular complexity index is 403. The number of ether oxygens (including phenoxy) is 1. The first-order valence-electron chi connectivity index (χ1n) is 4.91. The van der Waals surface area contributed by atoms with Gasteiger partial charge in [0.05, 0.1) is 6.61 Å². The first-order valence-corrected chi connectivity index (χ1v) is 4.91. The van der Waals surface area contributed by atoms with Gasteiger partial charge in [0.15, 0.2) is 0 Å². The van der Waals surface area contributed by atoms with E-state index in [0.717, 1.165) is 18.3 Å². The summed E-state index contributed by atoms with van der Waals surface area (Å²) in [6.07, 6.45) is 10.3. The van der Waals surface area contributed by atoms with Crippen molar-refractivity contribution in [2.45, 2.75) is 18.9 Å². The largest absolute Gasteiger partial charge is 0.358 e. The molecule has 0 aromatic rings. The molecule has 2 heteroatoms. The van der Waals surface area contributed by atoms with Crippen LogP contribution in [0.25, 0.3) is 0 Å². The number of aldehydes is 1. The van der Waals surface area contributed by atoms with E-state index in [1.54, 1.807) is 0 Å². The minimum atomic E-state index is -0.487. The maximum absolute atomic E-state index is 11.0. The van der Waals surface area contributed by atoms with Crippen molar-refractivity contribution < 1.29 is 9.53 Å². The van der Waals surface area contributed by atoms with E-state index < -0.39 is 5.60 Å². The van der Waals surface area contributed by atoms with E-state index in [9.17, 15) is 4.79 Å². The predicted octanol–water partition coefficient (Wildman–Crippen LogP) is 1.79. The van der Waals surface area contributed by atoms with E-state index in [1.807, 2.05) is 12.2 Å². The summed E-state index contributed by atoms with van der Waals surface area (Å²) < 4.78 is 5.70. The first-order chi connectivity index (χ1) is 6.69. The fraction of sp³-hybridized carbons (Fsp3) is 0.417. The molecule has 0 fully saturated rings. The highest BCUT2D eigenvalue weighted by Gasteiger charge is 2.49. The van der Waals surface area contributed by atoms with Gasteiger partial charge in [0.2, 0.25) is 0 Å². The second-order valence-electron chi connectivity index (χ2n) is 4.51. The third-order valence-electron chi connectivity index (χ3n) is 3.43. The molecule has 0 amide bonds. The van der Waals surface area contributed by atoms with Crippen LogP contribution in [0.4, 0.5) is 0 Å². The smallest absolute Gasteiger partial charge is 0.149 e. The predicted molar refractivity (Wildman–Crippen MR) is 52.8 cm³/mol. The summed E-state index contributed by atoms with van der Waals surface area (Å²) in [6, 6.07) is 0. The van der Waals surface area contributed by atoms with Gasteiger partial charge in [0.1, 0.15) is 11.9 Å². The molecule has 2 unspecified atom stereocenters. The lowest BCUT2D eigenvalue weighted by molar-refractivity contribution is -0.106. The molecule has 0 N–H and O–H groups in total. The minimum absolute atomic E-state index is 0.0253. The Morgan fingerprint density at radius 1 is 1.50 bits per heavy atom. The van der Waals surface area contributed by atoms with Gasteiger partial charge in [0.25, 0.3) is 0 Å². The molecule has 0 aromatic carbocycles. The topological polar surface area (TPSA) is 26.3 Å². The summed E-state index contributed by atoms with van der Waals surface area (Å²) in [5.74, 6) is 0. The molecule has 4 aliphatic rings. The Balaban J connectivity index is 2.24. The van der Waals surface area contributed by atoms with Gasteiger partial charge in [-0.25, -0.2) is 0 Å². The Morgan fingerprint density at radius 3 is 3.14 bits per heavy atom. The number of carbonyl (C=O) groups is 1. The highest BCUT2D eigenvalue weighted by atomic mass is 16.5. The molecule has 0 aromatic heterocycles. The summed E-state index contributed by atoms with van der Waals surface area (Å²) in [5, 5.41) is 0. The van der Waals surface area contributed by atoms with Gasteiger partial charge in [-0.1, -0.05) is 25.2 Å². The van der Waals surface area contributed by atoms with Crippen LogP contribution in [0, 0.1) is 5.41 Å². The maximum Gasteiger partial charge on any atom is 0.149 e. The van der Waals surface area contributed by atoms with Crippen LogP contribution >= 0.6 is 0 Å². The molecule has 14 heavy (non-hydrogen) atoms. The van der Waals surface area contributed by atoms with E-state index in [-0.39, 0.29) is 5.41 Å². The van der Waals surface area contributed by atoms with Crippen LogP contribution < -0.4 is 0 Å². The van der Waals surface area contributed by atoms with Crippen molar-refractivity contribution in [3.63, 3.8) is 0 Å². The van der Waals surface area contributed by atoms with Crippen molar-refractivity contribution in [3.8, 4) is 0 Å². The average Bonchev–Trinajstić information content (AvgIpc) is 2.59. The molecule has 0 saturated carbocycles. The molecule has 72 valence electrons. The van der Waals surface area contributed by atoms with Crippen LogP contribution in [0.3, 0.4) is 0 Å². The van der Waals surface area contributed by atoms with Crippen molar-refractivity contribution in [1.29, 1.82) is 0 Å². The molecular weight excluding hydrogens is 176 g/mol. The molecule has 0 radical (unpaired) electrons. The zero-order valence-corrected chi connectivity index (χ0v) is 8.12. The zero-order chi connectivity index (χ0) is 9.81. The zero-order valence-electron chi connectivity index (χ0n) is 8.12. The molecule has 4 rings (SSSR count). The Labute approximate surface area is 82.9 Å². The van der Waals surface area contributed by atoms with E-state index in [4.69, 9.17) is 4.74 Å². The summed E-state index contributed by atoms with van der Waals surface area (Å²) in [7, 11) is 0. The second-order valence-corrected chi connectivity index (χ2v) is 4.51. The second kappa shape index (κ2) is 2.26. The molecular formula is C12H12O2. The third-order valence-corrected chi connectivity index (χ3v) is 3.43. The van der Waals surface area contributed by atoms with Crippen LogP contribution in [0.5, 0.6) is 0 Å². The van der Waals surface area contributed by atoms with Gasteiger partial charge in [-0.05, 0) is 18.1 Å². The highest BCUT2D eigenvalue weighted by molar-refractivity contribution is 5.82. The van der Waals surface area contributed by atoms with Crippen molar-refractivity contribution in [3.05, 3.63) is 35.5 Å². The van der Waals surface area contributed by atoms with Gasteiger partial charge >= 0.3 is 0 Å². The Morgan fingerprint density at radius 2 is 2.36 bits per heavy atom. The van der Waals surface area contributed by atoms with E-state index in [2.05, 4.69) is 19.1 Å². The van der Waals surface area contributed by atoms with E-state index in [0.29, 0.717) is 6.61 Å². The fourth-order valence-corrected chi connectivity index (χ4v) is 2.70. The van der Waals surface area contributed by atoms with E-state index >= 15 is 0 Å². The number of rotatable bonds is 1. The first kappa shape index (κ1) is 8.18. The van der Waals surface area contributed by atoms with Crippen molar-refractivity contribution >= 4 is 6.29 Å². The monoisotopic (exact) mass is 188 g/mol. The fourth-order valence-electron chi connectivity index (χ4n) is 2.70. The van der Waals surface area contributed by atoms with Crippen LogP contribution in [-0.2, 0) is 9.53 Å². The minimum Gasteiger partial charge on any atom is -0.358 e. The normalized spacial score (nSPS) is 43.2. The van der Waals surface area contributed by atoms with Crippen molar-refractivity contribution in [1.82, 2.24) is 0 Å².